The van der Waals surface area contributed by atoms with E-state index in [9.17, 15) is 9.90 Å². The van der Waals surface area contributed by atoms with E-state index in [-0.39, 0.29) is 11.8 Å². The molecule has 150 valence electrons. The molecular formula is C23H24N2O3S. The first-order chi connectivity index (χ1) is 13.9. The molecule has 6 heteroatoms. The van der Waals surface area contributed by atoms with Gasteiger partial charge in [0, 0.05) is 17.6 Å². The van der Waals surface area contributed by atoms with Crippen LogP contribution in [0.5, 0.6) is 11.6 Å². The number of nitrogens with zero attached hydrogens (tertiary/aromatic N) is 1. The zero-order valence-electron chi connectivity index (χ0n) is 16.7. The number of nitrogens with one attached hydrogen (secondary N) is 1. The molecule has 0 saturated carbocycles. The molecule has 29 heavy (non-hydrogen) atoms. The van der Waals surface area contributed by atoms with E-state index in [0.717, 1.165) is 16.0 Å². The monoisotopic (exact) mass is 408 g/mol. The third-order valence-corrected chi connectivity index (χ3v) is 5.11. The molecule has 0 aliphatic carbocycles. The van der Waals surface area contributed by atoms with E-state index in [2.05, 4.69) is 10.3 Å². The summed E-state index contributed by atoms with van der Waals surface area (Å²) >= 11 is 1.62. The minimum absolute atomic E-state index is 0.263. The second-order valence-electron chi connectivity index (χ2n) is 7.08. The molecule has 5 nitrogen and oxygen atoms in total. The smallest absolute Gasteiger partial charge is 0.257 e. The highest BCUT2D eigenvalue weighted by Crippen LogP contribution is 2.26. The van der Waals surface area contributed by atoms with Crippen molar-refractivity contribution in [2.45, 2.75) is 30.9 Å². The molecule has 1 aromatic heterocycles. The summed E-state index contributed by atoms with van der Waals surface area (Å²) in [5.41, 5.74) is 1.24. The number of aliphatic hydroxyl groups is 1. The van der Waals surface area contributed by atoms with Crippen molar-refractivity contribution in [2.75, 3.05) is 6.26 Å². The van der Waals surface area contributed by atoms with Gasteiger partial charge in [0.15, 0.2) is 0 Å². The first kappa shape index (κ1) is 20.9. The van der Waals surface area contributed by atoms with E-state index < -0.39 is 5.60 Å². The molecular weight excluding hydrogens is 384 g/mol. The molecule has 0 spiro atoms. The van der Waals surface area contributed by atoms with Crippen molar-refractivity contribution in [3.63, 3.8) is 0 Å². The lowest BCUT2D eigenvalue weighted by atomic mass is 9.97. The molecule has 0 aliphatic rings. The second kappa shape index (κ2) is 9.11. The molecule has 2 N–H and O–H groups in total. The van der Waals surface area contributed by atoms with E-state index in [4.69, 9.17) is 4.74 Å². The Morgan fingerprint density at radius 1 is 1.14 bits per heavy atom. The molecule has 0 atom stereocenters. The van der Waals surface area contributed by atoms with Gasteiger partial charge in [0.05, 0.1) is 5.60 Å². The number of carbonyl (C=O) groups excluding carboxylic acids is 1. The third-order valence-electron chi connectivity index (χ3n) is 4.38. The largest absolute Gasteiger partial charge is 0.438 e. The van der Waals surface area contributed by atoms with Gasteiger partial charge in [0.2, 0.25) is 5.88 Å². The van der Waals surface area contributed by atoms with E-state index in [1.807, 2.05) is 54.8 Å². The number of benzene rings is 2. The number of aromatic nitrogens is 1. The van der Waals surface area contributed by atoms with Crippen molar-refractivity contribution in [1.82, 2.24) is 10.3 Å². The summed E-state index contributed by atoms with van der Waals surface area (Å²) in [6.07, 6.45) is 3.59. The number of ether oxygens (including phenoxy) is 1. The predicted molar refractivity (Wildman–Crippen MR) is 115 cm³/mol. The van der Waals surface area contributed by atoms with Crippen LogP contribution < -0.4 is 10.1 Å². The van der Waals surface area contributed by atoms with Crippen LogP contribution in [0, 0.1) is 0 Å². The van der Waals surface area contributed by atoms with Gasteiger partial charge >= 0.3 is 0 Å². The first-order valence-corrected chi connectivity index (χ1v) is 10.5. The van der Waals surface area contributed by atoms with Crippen LogP contribution in [-0.2, 0) is 12.1 Å². The van der Waals surface area contributed by atoms with Gasteiger partial charge in [-0.1, -0.05) is 30.3 Å². The predicted octanol–water partition coefficient (Wildman–Crippen LogP) is 4.75. The van der Waals surface area contributed by atoms with Gasteiger partial charge in [-0.2, -0.15) is 0 Å². The maximum Gasteiger partial charge on any atom is 0.257 e. The Kier molecular flexibility index (Phi) is 6.56. The molecule has 0 unspecified atom stereocenters. The molecule has 3 rings (SSSR count). The Morgan fingerprint density at radius 2 is 1.90 bits per heavy atom. The molecule has 3 aromatic rings. The van der Waals surface area contributed by atoms with Crippen LogP contribution in [0.1, 0.15) is 35.3 Å². The van der Waals surface area contributed by atoms with Gasteiger partial charge in [-0.25, -0.2) is 4.98 Å². The van der Waals surface area contributed by atoms with E-state index in [1.165, 1.54) is 0 Å². The summed E-state index contributed by atoms with van der Waals surface area (Å²) in [7, 11) is 0. The Bertz CT molecular complexity index is 982. The maximum atomic E-state index is 12.7. The van der Waals surface area contributed by atoms with Crippen LogP contribution in [0.3, 0.4) is 0 Å². The lowest BCUT2D eigenvalue weighted by molar-refractivity contribution is 0.0785. The molecule has 1 amide bonds. The van der Waals surface area contributed by atoms with Crippen molar-refractivity contribution in [1.29, 1.82) is 0 Å². The quantitative estimate of drug-likeness (QED) is 0.552. The average Bonchev–Trinajstić information content (AvgIpc) is 2.72. The Hall–Kier alpha value is -2.83. The zero-order valence-corrected chi connectivity index (χ0v) is 17.5. The Morgan fingerprint density at radius 3 is 2.59 bits per heavy atom. The van der Waals surface area contributed by atoms with Gasteiger partial charge in [0.1, 0.15) is 11.3 Å². The minimum atomic E-state index is -0.892. The highest BCUT2D eigenvalue weighted by atomic mass is 32.2. The summed E-state index contributed by atoms with van der Waals surface area (Å²) in [6, 6.07) is 18.5. The normalized spacial score (nSPS) is 11.2. The van der Waals surface area contributed by atoms with Gasteiger partial charge < -0.3 is 15.2 Å². The van der Waals surface area contributed by atoms with Crippen LogP contribution in [-0.4, -0.2) is 22.3 Å². The van der Waals surface area contributed by atoms with Crippen molar-refractivity contribution >= 4 is 17.7 Å². The number of pyridine rings is 1. The summed E-state index contributed by atoms with van der Waals surface area (Å²) in [6.45, 7) is 3.84. The standard InChI is InChI=1S/C23H24N2O3S/c1-23(2,27)17-11-9-16(10-12-17)15-25-21(26)20-8-5-13-24-22(20)28-18-6-4-7-19(14-18)29-3/h4-14,27H,15H2,1-3H3,(H,25,26). The molecule has 0 saturated heterocycles. The molecule has 0 aliphatic heterocycles. The number of rotatable bonds is 7. The minimum Gasteiger partial charge on any atom is -0.438 e. The fourth-order valence-corrected chi connectivity index (χ4v) is 3.18. The summed E-state index contributed by atoms with van der Waals surface area (Å²) in [5.74, 6) is 0.633. The van der Waals surface area contributed by atoms with Crippen LogP contribution in [0.2, 0.25) is 0 Å². The van der Waals surface area contributed by atoms with Crippen LogP contribution >= 0.6 is 11.8 Å². The van der Waals surface area contributed by atoms with Crippen LogP contribution in [0.25, 0.3) is 0 Å². The summed E-state index contributed by atoms with van der Waals surface area (Å²) in [4.78, 5) is 18.0. The Labute approximate surface area is 175 Å². The van der Waals surface area contributed by atoms with E-state index in [0.29, 0.717) is 17.9 Å². The lowest BCUT2D eigenvalue weighted by Crippen LogP contribution is -2.23. The van der Waals surface area contributed by atoms with Crippen molar-refractivity contribution < 1.29 is 14.6 Å². The van der Waals surface area contributed by atoms with Crippen molar-refractivity contribution in [3.05, 3.63) is 83.6 Å². The van der Waals surface area contributed by atoms with Gasteiger partial charge in [0.25, 0.3) is 5.91 Å². The van der Waals surface area contributed by atoms with Crippen LogP contribution in [0.4, 0.5) is 0 Å². The SMILES string of the molecule is CSc1cccc(Oc2ncccc2C(=O)NCc2ccc(C(C)(C)O)cc2)c1. The third kappa shape index (κ3) is 5.59. The van der Waals surface area contributed by atoms with Gasteiger partial charge in [-0.3, -0.25) is 4.79 Å². The maximum absolute atomic E-state index is 12.7. The number of carbonyl (C=O) groups is 1. The second-order valence-corrected chi connectivity index (χ2v) is 7.96. The van der Waals surface area contributed by atoms with Crippen molar-refractivity contribution in [3.8, 4) is 11.6 Å². The van der Waals surface area contributed by atoms with E-state index in [1.54, 1.807) is 43.9 Å². The summed E-state index contributed by atoms with van der Waals surface area (Å²) in [5, 5.41) is 12.9. The van der Waals surface area contributed by atoms with Gasteiger partial charge in [-0.05, 0) is 61.6 Å². The van der Waals surface area contributed by atoms with E-state index >= 15 is 0 Å². The topological polar surface area (TPSA) is 71.5 Å². The molecule has 2 aromatic carbocycles. The molecule has 1 heterocycles. The fourth-order valence-electron chi connectivity index (χ4n) is 2.73. The highest BCUT2D eigenvalue weighted by molar-refractivity contribution is 7.98. The highest BCUT2D eigenvalue weighted by Gasteiger charge is 2.16. The van der Waals surface area contributed by atoms with Crippen LogP contribution in [0.15, 0.2) is 71.8 Å². The van der Waals surface area contributed by atoms with Crippen molar-refractivity contribution in [2.24, 2.45) is 0 Å². The molecule has 0 fully saturated rings. The number of hydrogen-bond acceptors (Lipinski definition) is 5. The Balaban J connectivity index is 1.69. The summed E-state index contributed by atoms with van der Waals surface area (Å²) < 4.78 is 5.87. The number of hydrogen-bond donors (Lipinski definition) is 2. The number of thioether (sulfide) groups is 1. The average molecular weight is 409 g/mol. The molecule has 0 radical (unpaired) electrons. The first-order valence-electron chi connectivity index (χ1n) is 9.24. The number of amides is 1. The lowest BCUT2D eigenvalue weighted by Gasteiger charge is -2.18. The molecule has 0 bridgehead atoms. The van der Waals surface area contributed by atoms with Gasteiger partial charge in [-0.15, -0.1) is 11.8 Å². The fraction of sp³-hybridized carbons (Fsp3) is 0.217. The zero-order chi connectivity index (χ0) is 20.9.